The van der Waals surface area contributed by atoms with Crippen molar-refractivity contribution in [3.05, 3.63) is 0 Å². The fourth-order valence-corrected chi connectivity index (χ4v) is 2.22. The van der Waals surface area contributed by atoms with Crippen molar-refractivity contribution in [2.45, 2.75) is 24.9 Å². The van der Waals surface area contributed by atoms with E-state index in [1.54, 1.807) is 11.9 Å². The van der Waals surface area contributed by atoms with Crippen LogP contribution in [0.15, 0.2) is 0 Å². The molecule has 1 heterocycles. The lowest BCUT2D eigenvalue weighted by Crippen LogP contribution is -2.54. The van der Waals surface area contributed by atoms with E-state index >= 15 is 0 Å². The number of hydrogen-bond donors (Lipinski definition) is 1. The number of piperidine rings is 1. The molecule has 17 heavy (non-hydrogen) atoms. The summed E-state index contributed by atoms with van der Waals surface area (Å²) in [5, 5.41) is 9.20. The van der Waals surface area contributed by atoms with Gasteiger partial charge in [0.2, 0.25) is 0 Å². The summed E-state index contributed by atoms with van der Waals surface area (Å²) >= 11 is 0. The highest BCUT2D eigenvalue weighted by atomic mass is 16.5. The second-order valence-corrected chi connectivity index (χ2v) is 4.26. The molecule has 0 unspecified atom stereocenters. The summed E-state index contributed by atoms with van der Waals surface area (Å²) < 4.78 is 9.40. The number of nitrogens with zero attached hydrogens (tertiary/aromatic N) is 1. The largest absolute Gasteiger partial charge is 0.468 e. The van der Waals surface area contributed by atoms with Crippen LogP contribution in [0.3, 0.4) is 0 Å². The molecule has 0 aromatic rings. The predicted molar refractivity (Wildman–Crippen MR) is 59.2 cm³/mol. The lowest BCUT2D eigenvalue weighted by atomic mass is 9.86. The Morgan fingerprint density at radius 2 is 1.59 bits per heavy atom. The molecule has 0 aliphatic carbocycles. The minimum atomic E-state index is -0.505. The molecule has 0 radical (unpaired) electrons. The normalized spacial score (nSPS) is 29.8. The van der Waals surface area contributed by atoms with Gasteiger partial charge in [0.25, 0.3) is 0 Å². The second kappa shape index (κ2) is 5.97. The summed E-state index contributed by atoms with van der Waals surface area (Å²) in [5.74, 6) is -0.862. The van der Waals surface area contributed by atoms with Crippen LogP contribution in [0, 0.1) is 5.92 Å². The van der Waals surface area contributed by atoms with Gasteiger partial charge < -0.3 is 14.6 Å². The first kappa shape index (κ1) is 13.9. The Hall–Kier alpha value is -1.14. The van der Waals surface area contributed by atoms with Gasteiger partial charge in [0.15, 0.2) is 0 Å². The molecule has 1 aliphatic rings. The fraction of sp³-hybridized carbons (Fsp3) is 0.818. The van der Waals surface area contributed by atoms with Crippen molar-refractivity contribution in [2.75, 3.05) is 27.9 Å². The van der Waals surface area contributed by atoms with Gasteiger partial charge in [-0.15, -0.1) is 0 Å². The summed E-state index contributed by atoms with van der Waals surface area (Å²) in [6.45, 7) is -0.0468. The van der Waals surface area contributed by atoms with Crippen molar-refractivity contribution in [1.82, 2.24) is 4.90 Å². The number of aliphatic hydroxyl groups excluding tert-OH is 1. The molecular weight excluding hydrogens is 226 g/mol. The van der Waals surface area contributed by atoms with Gasteiger partial charge >= 0.3 is 11.9 Å². The van der Waals surface area contributed by atoms with Crippen LogP contribution in [0.2, 0.25) is 0 Å². The molecule has 6 nitrogen and oxygen atoms in total. The molecule has 1 aliphatic heterocycles. The molecule has 0 spiro atoms. The van der Waals surface area contributed by atoms with E-state index in [0.717, 1.165) is 0 Å². The molecule has 6 heteroatoms. The van der Waals surface area contributed by atoms with Crippen LogP contribution in [-0.2, 0) is 19.1 Å². The molecular formula is C11H19NO5. The number of ether oxygens (including phenoxy) is 2. The summed E-state index contributed by atoms with van der Waals surface area (Å²) in [6, 6.07) is -1.01. The summed E-state index contributed by atoms with van der Waals surface area (Å²) in [4.78, 5) is 24.9. The van der Waals surface area contributed by atoms with Crippen LogP contribution in [0.1, 0.15) is 12.8 Å². The summed E-state index contributed by atoms with van der Waals surface area (Å²) in [6.07, 6.45) is 0.986. The van der Waals surface area contributed by atoms with E-state index < -0.39 is 12.1 Å². The van der Waals surface area contributed by atoms with Gasteiger partial charge in [0.1, 0.15) is 12.1 Å². The average Bonchev–Trinajstić information content (AvgIpc) is 2.37. The molecule has 3 atom stereocenters. The molecule has 1 N–H and O–H groups in total. The Bertz CT molecular complexity index is 268. The number of carbonyl (C=O) groups is 2. The van der Waals surface area contributed by atoms with Crippen molar-refractivity contribution >= 4 is 11.9 Å². The molecule has 98 valence electrons. The molecule has 0 bridgehead atoms. The number of hydrogen-bond acceptors (Lipinski definition) is 6. The average molecular weight is 245 g/mol. The molecule has 1 saturated heterocycles. The number of methoxy groups -OCH3 is 2. The van der Waals surface area contributed by atoms with Crippen LogP contribution in [0.5, 0.6) is 0 Å². The van der Waals surface area contributed by atoms with E-state index in [1.165, 1.54) is 14.2 Å². The van der Waals surface area contributed by atoms with Crippen LogP contribution < -0.4 is 0 Å². The predicted octanol–water partition coefficient (Wildman–Crippen LogP) is -0.596. The monoisotopic (exact) mass is 245 g/mol. The molecule has 1 fully saturated rings. The van der Waals surface area contributed by atoms with Gasteiger partial charge in [-0.25, -0.2) is 0 Å². The third kappa shape index (κ3) is 2.95. The molecule has 0 amide bonds. The minimum absolute atomic E-state index is 0.0468. The Balaban J connectivity index is 2.85. The lowest BCUT2D eigenvalue weighted by molar-refractivity contribution is -0.158. The van der Waals surface area contributed by atoms with Gasteiger partial charge in [0, 0.05) is 6.61 Å². The number of likely N-dealkylation sites (tertiary alicyclic amines) is 1. The highest BCUT2D eigenvalue weighted by Crippen LogP contribution is 2.27. The number of esters is 2. The maximum Gasteiger partial charge on any atom is 0.323 e. The van der Waals surface area contributed by atoms with Gasteiger partial charge in [-0.1, -0.05) is 0 Å². The number of likely N-dealkylation sites (N-methyl/N-ethyl adjacent to an activating group) is 1. The van der Waals surface area contributed by atoms with E-state index in [9.17, 15) is 14.7 Å². The van der Waals surface area contributed by atoms with Gasteiger partial charge in [-0.3, -0.25) is 14.5 Å². The van der Waals surface area contributed by atoms with Crippen molar-refractivity contribution in [2.24, 2.45) is 5.92 Å². The Kier molecular flexibility index (Phi) is 4.89. The zero-order chi connectivity index (χ0) is 13.0. The summed E-state index contributed by atoms with van der Waals surface area (Å²) in [5.41, 5.74) is 0. The van der Waals surface area contributed by atoms with Crippen LogP contribution in [0.4, 0.5) is 0 Å². The first-order valence-electron chi connectivity index (χ1n) is 5.53. The lowest BCUT2D eigenvalue weighted by Gasteiger charge is -2.39. The summed E-state index contributed by atoms with van der Waals surface area (Å²) in [7, 11) is 4.31. The van der Waals surface area contributed by atoms with Crippen molar-refractivity contribution in [3.8, 4) is 0 Å². The molecule has 0 aromatic carbocycles. The van der Waals surface area contributed by atoms with Gasteiger partial charge in [0.05, 0.1) is 14.2 Å². The number of carbonyl (C=O) groups excluding carboxylic acids is 2. The highest BCUT2D eigenvalue weighted by Gasteiger charge is 2.41. The van der Waals surface area contributed by atoms with Crippen LogP contribution in [0.25, 0.3) is 0 Å². The molecule has 0 saturated carbocycles. The maximum absolute atomic E-state index is 11.6. The van der Waals surface area contributed by atoms with E-state index in [1.807, 2.05) is 0 Å². The van der Waals surface area contributed by atoms with Crippen LogP contribution in [-0.4, -0.2) is 61.9 Å². The van der Waals surface area contributed by atoms with Crippen molar-refractivity contribution in [3.63, 3.8) is 0 Å². The number of rotatable bonds is 3. The fourth-order valence-electron chi connectivity index (χ4n) is 2.22. The quantitative estimate of drug-likeness (QED) is 0.669. The SMILES string of the molecule is COC(=O)[C@H]1C[C@@H](CO)C[C@@H](C(=O)OC)N1C. The topological polar surface area (TPSA) is 76.1 Å². The van der Waals surface area contributed by atoms with Crippen molar-refractivity contribution < 1.29 is 24.2 Å². The first-order chi connectivity index (χ1) is 8.04. The number of aliphatic hydroxyl groups is 1. The van der Waals surface area contributed by atoms with E-state index in [0.29, 0.717) is 12.8 Å². The zero-order valence-electron chi connectivity index (χ0n) is 10.4. The molecule has 0 aromatic heterocycles. The first-order valence-corrected chi connectivity index (χ1v) is 5.53. The smallest absolute Gasteiger partial charge is 0.323 e. The van der Waals surface area contributed by atoms with Gasteiger partial charge in [-0.2, -0.15) is 0 Å². The Morgan fingerprint density at radius 1 is 1.18 bits per heavy atom. The zero-order valence-corrected chi connectivity index (χ0v) is 10.4. The second-order valence-electron chi connectivity index (χ2n) is 4.26. The minimum Gasteiger partial charge on any atom is -0.468 e. The van der Waals surface area contributed by atoms with Gasteiger partial charge in [-0.05, 0) is 25.8 Å². The standard InChI is InChI=1S/C11H19NO5/c1-12-8(10(14)16-2)4-7(6-13)5-9(12)11(15)17-3/h7-9,13H,4-6H2,1-3H3/t7-,8-,9+. The van der Waals surface area contributed by atoms with E-state index in [4.69, 9.17) is 9.47 Å². The van der Waals surface area contributed by atoms with E-state index in [-0.39, 0.29) is 24.5 Å². The van der Waals surface area contributed by atoms with Crippen molar-refractivity contribution in [1.29, 1.82) is 0 Å². The third-order valence-electron chi connectivity index (χ3n) is 3.30. The Labute approximate surface area is 100 Å². The third-order valence-corrected chi connectivity index (χ3v) is 3.30. The highest BCUT2D eigenvalue weighted by molar-refractivity contribution is 5.80. The Morgan fingerprint density at radius 3 is 1.88 bits per heavy atom. The molecule has 1 rings (SSSR count). The van der Waals surface area contributed by atoms with Crippen LogP contribution >= 0.6 is 0 Å². The maximum atomic E-state index is 11.6. The van der Waals surface area contributed by atoms with E-state index in [2.05, 4.69) is 0 Å².